The van der Waals surface area contributed by atoms with Gasteiger partial charge in [0.25, 0.3) is 0 Å². The second-order valence-electron chi connectivity index (χ2n) is 8.60. The van der Waals surface area contributed by atoms with Gasteiger partial charge in [-0.05, 0) is 35.4 Å². The number of aromatic amines is 1. The minimum atomic E-state index is -4.63. The molecule has 0 spiro atoms. The van der Waals surface area contributed by atoms with Crippen molar-refractivity contribution < 1.29 is 23.1 Å². The molecule has 0 aliphatic rings. The first-order valence-electron chi connectivity index (χ1n) is 10.2. The van der Waals surface area contributed by atoms with Crippen LogP contribution in [0.3, 0.4) is 0 Å². The topological polar surface area (TPSA) is 94.1 Å². The summed E-state index contributed by atoms with van der Waals surface area (Å²) in [6, 6.07) is 5.50. The van der Waals surface area contributed by atoms with Gasteiger partial charge >= 0.3 is 12.1 Å². The molecule has 0 unspecified atom stereocenters. The summed E-state index contributed by atoms with van der Waals surface area (Å²) in [5, 5.41) is 17.6. The van der Waals surface area contributed by atoms with Crippen LogP contribution in [0.4, 0.5) is 30.5 Å². The Bertz CT molecular complexity index is 870. The number of hydrogen-bond acceptors (Lipinski definition) is 5. The molecule has 3 N–H and O–H groups in total. The van der Waals surface area contributed by atoms with Gasteiger partial charge in [-0.2, -0.15) is 18.2 Å². The molecule has 0 aliphatic heterocycles. The lowest BCUT2D eigenvalue weighted by Crippen LogP contribution is -2.31. The van der Waals surface area contributed by atoms with E-state index in [0.717, 1.165) is 24.3 Å². The third kappa shape index (κ3) is 7.15. The molecule has 0 bridgehead atoms. The normalized spacial score (nSPS) is 13.0. The number of nitrogens with zero attached hydrogens (tertiary/aromatic N) is 3. The van der Waals surface area contributed by atoms with E-state index in [1.54, 1.807) is 13.0 Å². The maximum Gasteiger partial charge on any atom is 0.451 e. The first-order valence-corrected chi connectivity index (χ1v) is 10.2. The molecule has 0 saturated heterocycles. The van der Waals surface area contributed by atoms with E-state index in [-0.39, 0.29) is 18.3 Å². The summed E-state index contributed by atoms with van der Waals surface area (Å²) in [4.78, 5) is 16.8. The standard InChI is InChI=1S/C21H30F3N5O2/c1-12(2)10-29(11-13(3)4)17-7-6-15(14(5)8-18(30)31)9-16(17)25-20-26-19(27-28-20)21(22,23)24/h6-7,9,12-14H,8,10-11H2,1-5H3,(H,30,31)(H2,25,26,27,28)/t14-/m1/s1. The summed E-state index contributed by atoms with van der Waals surface area (Å²) in [5.74, 6) is -1.86. The maximum atomic E-state index is 12.9. The van der Waals surface area contributed by atoms with Gasteiger partial charge < -0.3 is 15.3 Å². The number of benzene rings is 1. The van der Waals surface area contributed by atoms with Crippen LogP contribution in [0.1, 0.15) is 58.3 Å². The highest BCUT2D eigenvalue weighted by Gasteiger charge is 2.35. The van der Waals surface area contributed by atoms with Crippen molar-refractivity contribution in [3.63, 3.8) is 0 Å². The van der Waals surface area contributed by atoms with Gasteiger partial charge in [0.2, 0.25) is 11.8 Å². The molecule has 0 amide bonds. The zero-order valence-electron chi connectivity index (χ0n) is 18.4. The first-order chi connectivity index (χ1) is 14.4. The van der Waals surface area contributed by atoms with E-state index < -0.39 is 18.0 Å². The predicted molar refractivity (Wildman–Crippen MR) is 114 cm³/mol. The number of hydrogen-bond donors (Lipinski definition) is 3. The van der Waals surface area contributed by atoms with Crippen molar-refractivity contribution >= 4 is 23.3 Å². The van der Waals surface area contributed by atoms with Crippen molar-refractivity contribution in [3.8, 4) is 0 Å². The van der Waals surface area contributed by atoms with E-state index in [4.69, 9.17) is 5.11 Å². The molecule has 1 aromatic heterocycles. The number of rotatable bonds is 10. The average Bonchev–Trinajstić information content (AvgIpc) is 3.08. The second kappa shape index (κ2) is 10.0. The molecule has 0 radical (unpaired) electrons. The largest absolute Gasteiger partial charge is 0.481 e. The van der Waals surface area contributed by atoms with E-state index in [2.05, 4.69) is 48.0 Å². The van der Waals surface area contributed by atoms with Crippen molar-refractivity contribution in [2.75, 3.05) is 23.3 Å². The Morgan fingerprint density at radius 3 is 2.26 bits per heavy atom. The fraction of sp³-hybridized carbons (Fsp3) is 0.571. The molecule has 1 atom stereocenters. The number of alkyl halides is 3. The minimum absolute atomic E-state index is 0.0562. The van der Waals surface area contributed by atoms with Crippen molar-refractivity contribution in [3.05, 3.63) is 29.6 Å². The number of carboxylic acids is 1. The number of anilines is 3. The second-order valence-corrected chi connectivity index (χ2v) is 8.60. The number of nitrogens with one attached hydrogen (secondary N) is 2. The molecule has 0 aliphatic carbocycles. The van der Waals surface area contributed by atoms with Crippen molar-refractivity contribution in [2.45, 2.75) is 53.1 Å². The van der Waals surface area contributed by atoms with Crippen LogP contribution in [0.5, 0.6) is 0 Å². The lowest BCUT2D eigenvalue weighted by Gasteiger charge is -2.31. The number of carboxylic acid groups (broad SMARTS) is 1. The molecule has 2 aromatic rings. The average molecular weight is 441 g/mol. The van der Waals surface area contributed by atoms with Gasteiger partial charge in [0.15, 0.2) is 0 Å². The van der Waals surface area contributed by atoms with Crippen molar-refractivity contribution in [1.82, 2.24) is 15.2 Å². The number of aromatic nitrogens is 3. The molecular weight excluding hydrogens is 411 g/mol. The Morgan fingerprint density at radius 1 is 1.16 bits per heavy atom. The fourth-order valence-corrected chi connectivity index (χ4v) is 3.33. The Morgan fingerprint density at radius 2 is 1.77 bits per heavy atom. The highest BCUT2D eigenvalue weighted by atomic mass is 19.4. The van der Waals surface area contributed by atoms with Gasteiger partial charge in [0, 0.05) is 13.1 Å². The van der Waals surface area contributed by atoms with Crippen LogP contribution in [-0.4, -0.2) is 39.3 Å². The number of aliphatic carboxylic acids is 1. The first kappa shape index (κ1) is 24.5. The Kier molecular flexibility index (Phi) is 7.91. The van der Waals surface area contributed by atoms with Gasteiger partial charge in [0.05, 0.1) is 17.8 Å². The van der Waals surface area contributed by atoms with Gasteiger partial charge in [-0.15, -0.1) is 5.10 Å². The summed E-state index contributed by atoms with van der Waals surface area (Å²) in [6.45, 7) is 11.7. The van der Waals surface area contributed by atoms with Crippen LogP contribution in [-0.2, 0) is 11.0 Å². The van der Waals surface area contributed by atoms with E-state index in [0.29, 0.717) is 17.5 Å². The highest BCUT2D eigenvalue weighted by molar-refractivity contribution is 5.75. The molecule has 2 rings (SSSR count). The predicted octanol–water partition coefficient (Wildman–Crippen LogP) is 5.26. The third-order valence-electron chi connectivity index (χ3n) is 4.58. The Balaban J connectivity index is 2.47. The van der Waals surface area contributed by atoms with E-state index in [9.17, 15) is 18.0 Å². The molecule has 172 valence electrons. The maximum absolute atomic E-state index is 12.9. The molecule has 0 fully saturated rings. The molecule has 1 heterocycles. The number of H-pyrrole nitrogens is 1. The smallest absolute Gasteiger partial charge is 0.451 e. The molecule has 7 nitrogen and oxygen atoms in total. The van der Waals surface area contributed by atoms with Crippen LogP contribution in [0.2, 0.25) is 0 Å². The van der Waals surface area contributed by atoms with Crippen molar-refractivity contribution in [2.24, 2.45) is 11.8 Å². The molecule has 10 heteroatoms. The van der Waals surface area contributed by atoms with Gasteiger partial charge in [-0.25, -0.2) is 0 Å². The lowest BCUT2D eigenvalue weighted by atomic mass is 9.96. The fourth-order valence-electron chi connectivity index (χ4n) is 3.33. The number of halogens is 3. The number of carbonyl (C=O) groups is 1. The van der Waals surface area contributed by atoms with Gasteiger partial charge in [0.1, 0.15) is 0 Å². The molecular formula is C21H30F3N5O2. The SMILES string of the molecule is CC(C)CN(CC(C)C)c1ccc([C@H](C)CC(=O)O)cc1Nc1n[nH]c(C(F)(F)F)n1. The van der Waals surface area contributed by atoms with E-state index in [1.807, 2.05) is 17.2 Å². The third-order valence-corrected chi connectivity index (χ3v) is 4.58. The van der Waals surface area contributed by atoms with E-state index >= 15 is 0 Å². The van der Waals surface area contributed by atoms with Crippen LogP contribution >= 0.6 is 0 Å². The highest BCUT2D eigenvalue weighted by Crippen LogP contribution is 2.34. The van der Waals surface area contributed by atoms with Crippen LogP contribution in [0, 0.1) is 11.8 Å². The summed E-state index contributed by atoms with van der Waals surface area (Å²) in [5.41, 5.74) is 2.09. The van der Waals surface area contributed by atoms with E-state index in [1.165, 1.54) is 0 Å². The van der Waals surface area contributed by atoms with Crippen molar-refractivity contribution in [1.29, 1.82) is 0 Å². The van der Waals surface area contributed by atoms with Crippen LogP contribution in [0.25, 0.3) is 0 Å². The minimum Gasteiger partial charge on any atom is -0.481 e. The Hall–Kier alpha value is -2.78. The zero-order valence-corrected chi connectivity index (χ0v) is 18.4. The summed E-state index contributed by atoms with van der Waals surface area (Å²) in [6.07, 6.45) is -4.69. The van der Waals surface area contributed by atoms with Gasteiger partial charge in [-0.3, -0.25) is 9.89 Å². The van der Waals surface area contributed by atoms with Crippen LogP contribution < -0.4 is 10.2 Å². The molecule has 0 saturated carbocycles. The summed E-state index contributed by atoms with van der Waals surface area (Å²) >= 11 is 0. The molecule has 1 aromatic carbocycles. The quantitative estimate of drug-likeness (QED) is 0.465. The molecule has 31 heavy (non-hydrogen) atoms. The lowest BCUT2D eigenvalue weighted by molar-refractivity contribution is -0.144. The zero-order chi connectivity index (χ0) is 23.3. The Labute approximate surface area is 180 Å². The summed E-state index contributed by atoms with van der Waals surface area (Å²) in [7, 11) is 0. The van der Waals surface area contributed by atoms with Crippen LogP contribution in [0.15, 0.2) is 18.2 Å². The summed E-state index contributed by atoms with van der Waals surface area (Å²) < 4.78 is 38.7. The monoisotopic (exact) mass is 441 g/mol. The van der Waals surface area contributed by atoms with Gasteiger partial charge in [-0.1, -0.05) is 40.7 Å².